The lowest BCUT2D eigenvalue weighted by atomic mass is 9.62. The minimum atomic E-state index is -0.739. The van der Waals surface area contributed by atoms with Crippen molar-refractivity contribution in [2.24, 2.45) is 23.7 Å². The van der Waals surface area contributed by atoms with E-state index in [9.17, 15) is 9.90 Å². The van der Waals surface area contributed by atoms with Crippen molar-refractivity contribution < 1.29 is 20.0 Å². The second-order valence-corrected chi connectivity index (χ2v) is 6.48. The van der Waals surface area contributed by atoms with Crippen molar-refractivity contribution in [1.29, 1.82) is 0 Å². The van der Waals surface area contributed by atoms with Gasteiger partial charge in [-0.1, -0.05) is 25.5 Å². The largest absolute Gasteiger partial charge is 0.481 e. The predicted octanol–water partition coefficient (Wildman–Crippen LogP) is 3.34. The maximum Gasteiger partial charge on any atom is 0.306 e. The molecule has 2 unspecified atom stereocenters. The van der Waals surface area contributed by atoms with Gasteiger partial charge >= 0.3 is 5.97 Å². The van der Waals surface area contributed by atoms with Gasteiger partial charge in [-0.25, -0.2) is 4.89 Å². The van der Waals surface area contributed by atoms with E-state index in [-0.39, 0.29) is 11.8 Å². The van der Waals surface area contributed by atoms with E-state index in [1.165, 1.54) is 5.57 Å². The maximum absolute atomic E-state index is 11.3. The van der Waals surface area contributed by atoms with Crippen molar-refractivity contribution in [3.05, 3.63) is 11.6 Å². The predicted molar refractivity (Wildman–Crippen MR) is 71.6 cm³/mol. The van der Waals surface area contributed by atoms with E-state index in [2.05, 4.69) is 11.8 Å². The van der Waals surface area contributed by atoms with Crippen LogP contribution in [0.3, 0.4) is 0 Å². The summed E-state index contributed by atoms with van der Waals surface area (Å²) in [6.45, 7) is 5.88. The molecule has 1 fully saturated rings. The van der Waals surface area contributed by atoms with Gasteiger partial charge in [0.1, 0.15) is 5.60 Å². The Morgan fingerprint density at radius 2 is 2.16 bits per heavy atom. The molecule has 108 valence electrons. The van der Waals surface area contributed by atoms with Gasteiger partial charge in [0.05, 0.1) is 5.92 Å². The molecule has 0 bridgehead atoms. The Labute approximate surface area is 114 Å². The molecule has 19 heavy (non-hydrogen) atoms. The molecule has 2 N–H and O–H groups in total. The Bertz CT molecular complexity index is 390. The fraction of sp³-hybridized carbons (Fsp3) is 0.800. The van der Waals surface area contributed by atoms with E-state index < -0.39 is 11.6 Å². The highest BCUT2D eigenvalue weighted by Crippen LogP contribution is 2.48. The maximum atomic E-state index is 11.3. The fourth-order valence-corrected chi connectivity index (χ4v) is 3.73. The first-order valence-corrected chi connectivity index (χ1v) is 7.16. The number of rotatable bonds is 3. The number of carboxylic acid groups (broad SMARTS) is 1. The number of carbonyl (C=O) groups is 1. The standard InChI is InChI=1S/C15H24O4/c1-9-4-5-12(10(2)14(16)17)13-8-15(3,19-18)7-6-11(9)13/h8-12,18H,4-7H2,1-3H3,(H,16,17)/t9-,10-,11?,12?,15-/m1/s1. The van der Waals surface area contributed by atoms with Crippen LogP contribution in [0.4, 0.5) is 0 Å². The molecule has 0 heterocycles. The number of carboxylic acids is 1. The molecule has 0 aromatic heterocycles. The van der Waals surface area contributed by atoms with Gasteiger partial charge in [0.15, 0.2) is 0 Å². The summed E-state index contributed by atoms with van der Waals surface area (Å²) in [7, 11) is 0. The highest BCUT2D eigenvalue weighted by molar-refractivity contribution is 5.70. The van der Waals surface area contributed by atoms with Gasteiger partial charge in [0, 0.05) is 0 Å². The molecule has 0 radical (unpaired) electrons. The number of hydrogen-bond donors (Lipinski definition) is 2. The van der Waals surface area contributed by atoms with Crippen LogP contribution in [0.25, 0.3) is 0 Å². The first kappa shape index (κ1) is 14.5. The zero-order valence-electron chi connectivity index (χ0n) is 11.9. The molecule has 1 saturated carbocycles. The summed E-state index contributed by atoms with van der Waals surface area (Å²) in [5.74, 6) is 0.00248. The summed E-state index contributed by atoms with van der Waals surface area (Å²) in [5.41, 5.74) is 0.538. The normalized spacial score (nSPS) is 40.2. The van der Waals surface area contributed by atoms with Crippen LogP contribution in [-0.4, -0.2) is 21.9 Å². The number of allylic oxidation sites excluding steroid dienone is 1. The van der Waals surface area contributed by atoms with Crippen LogP contribution in [0.1, 0.15) is 46.5 Å². The lowest BCUT2D eigenvalue weighted by molar-refractivity contribution is -0.306. The van der Waals surface area contributed by atoms with Crippen molar-refractivity contribution in [1.82, 2.24) is 0 Å². The summed E-state index contributed by atoms with van der Waals surface area (Å²) in [6, 6.07) is 0. The van der Waals surface area contributed by atoms with Gasteiger partial charge in [0.2, 0.25) is 0 Å². The van der Waals surface area contributed by atoms with E-state index in [4.69, 9.17) is 5.26 Å². The highest BCUT2D eigenvalue weighted by atomic mass is 17.1. The Balaban J connectivity index is 2.33. The molecule has 2 rings (SSSR count). The molecule has 0 aromatic carbocycles. The van der Waals surface area contributed by atoms with E-state index in [1.54, 1.807) is 6.92 Å². The molecule has 0 aliphatic heterocycles. The SMILES string of the molecule is C[C@@H]1CCC([C@@H](C)C(=O)O)C2=C[C@](C)(OO)CCC21. The second kappa shape index (κ2) is 5.25. The first-order valence-electron chi connectivity index (χ1n) is 7.16. The molecular formula is C15H24O4. The first-order chi connectivity index (χ1) is 8.88. The van der Waals surface area contributed by atoms with Crippen LogP contribution in [0.2, 0.25) is 0 Å². The molecule has 0 saturated heterocycles. The average molecular weight is 268 g/mol. The monoisotopic (exact) mass is 268 g/mol. The zero-order valence-corrected chi connectivity index (χ0v) is 11.9. The molecule has 4 heteroatoms. The van der Waals surface area contributed by atoms with Crippen LogP contribution in [0.15, 0.2) is 11.6 Å². The molecule has 5 atom stereocenters. The smallest absolute Gasteiger partial charge is 0.306 e. The summed E-state index contributed by atoms with van der Waals surface area (Å²) in [6.07, 6.45) is 5.74. The minimum absolute atomic E-state index is 0.0773. The number of fused-ring (bicyclic) bond motifs is 1. The lowest BCUT2D eigenvalue weighted by Gasteiger charge is -2.44. The van der Waals surface area contributed by atoms with Gasteiger partial charge in [0.25, 0.3) is 0 Å². The van der Waals surface area contributed by atoms with Crippen molar-refractivity contribution in [3.63, 3.8) is 0 Å². The third kappa shape index (κ3) is 2.70. The van der Waals surface area contributed by atoms with Crippen LogP contribution < -0.4 is 0 Å². The third-order valence-electron chi connectivity index (χ3n) is 5.10. The van der Waals surface area contributed by atoms with Crippen LogP contribution in [-0.2, 0) is 9.68 Å². The average Bonchev–Trinajstić information content (AvgIpc) is 2.38. The van der Waals surface area contributed by atoms with Crippen molar-refractivity contribution >= 4 is 5.97 Å². The summed E-state index contributed by atoms with van der Waals surface area (Å²) < 4.78 is 0. The fourth-order valence-electron chi connectivity index (χ4n) is 3.73. The lowest BCUT2D eigenvalue weighted by Crippen LogP contribution is -2.39. The number of hydrogen-bond acceptors (Lipinski definition) is 3. The Morgan fingerprint density at radius 3 is 2.74 bits per heavy atom. The Kier molecular flexibility index (Phi) is 4.02. The summed E-state index contributed by atoms with van der Waals surface area (Å²) in [4.78, 5) is 15.9. The quantitative estimate of drug-likeness (QED) is 0.468. The molecule has 2 aliphatic rings. The Morgan fingerprint density at radius 1 is 1.47 bits per heavy atom. The summed E-state index contributed by atoms with van der Waals surface area (Å²) in [5, 5.41) is 18.3. The zero-order chi connectivity index (χ0) is 14.2. The molecule has 2 aliphatic carbocycles. The van der Waals surface area contributed by atoms with Crippen molar-refractivity contribution in [3.8, 4) is 0 Å². The third-order valence-corrected chi connectivity index (χ3v) is 5.10. The molecule has 0 spiro atoms. The van der Waals surface area contributed by atoms with Gasteiger partial charge < -0.3 is 5.11 Å². The minimum Gasteiger partial charge on any atom is -0.481 e. The van der Waals surface area contributed by atoms with Crippen molar-refractivity contribution in [2.75, 3.05) is 0 Å². The second-order valence-electron chi connectivity index (χ2n) is 6.48. The van der Waals surface area contributed by atoms with Crippen LogP contribution in [0.5, 0.6) is 0 Å². The molecule has 0 aromatic rings. The highest BCUT2D eigenvalue weighted by Gasteiger charge is 2.42. The molecule has 0 amide bonds. The molecular weight excluding hydrogens is 244 g/mol. The van der Waals surface area contributed by atoms with E-state index in [0.717, 1.165) is 25.7 Å². The summed E-state index contributed by atoms with van der Waals surface area (Å²) >= 11 is 0. The van der Waals surface area contributed by atoms with E-state index in [0.29, 0.717) is 11.8 Å². The van der Waals surface area contributed by atoms with Crippen LogP contribution in [0, 0.1) is 23.7 Å². The van der Waals surface area contributed by atoms with E-state index >= 15 is 0 Å². The van der Waals surface area contributed by atoms with Crippen molar-refractivity contribution in [2.45, 2.75) is 52.1 Å². The number of aliphatic carboxylic acids is 1. The van der Waals surface area contributed by atoms with Gasteiger partial charge in [-0.3, -0.25) is 10.1 Å². The van der Waals surface area contributed by atoms with Gasteiger partial charge in [-0.05, 0) is 50.4 Å². The van der Waals surface area contributed by atoms with Gasteiger partial charge in [-0.2, -0.15) is 0 Å². The van der Waals surface area contributed by atoms with Gasteiger partial charge in [-0.15, -0.1) is 0 Å². The van der Waals surface area contributed by atoms with Crippen LogP contribution >= 0.6 is 0 Å². The topological polar surface area (TPSA) is 66.8 Å². The molecule has 4 nitrogen and oxygen atoms in total. The van der Waals surface area contributed by atoms with E-state index in [1.807, 2.05) is 13.0 Å². The Hall–Kier alpha value is -0.870.